The van der Waals surface area contributed by atoms with Gasteiger partial charge in [-0.3, -0.25) is 4.90 Å². The monoisotopic (exact) mass is 487 g/mol. The predicted molar refractivity (Wildman–Crippen MR) is 142 cm³/mol. The molecule has 190 valence electrons. The molecule has 0 aromatic heterocycles. The molecule has 1 saturated heterocycles. The number of hydrogen-bond donors (Lipinski definition) is 2. The fraction of sp³-hybridized carbons (Fsp3) is 0.419. The number of aromatic hydroxyl groups is 2. The van der Waals surface area contributed by atoms with Crippen molar-refractivity contribution in [3.63, 3.8) is 0 Å². The summed E-state index contributed by atoms with van der Waals surface area (Å²) in [5.74, 6) is 3.74. The van der Waals surface area contributed by atoms with E-state index in [1.165, 1.54) is 0 Å². The van der Waals surface area contributed by atoms with Crippen LogP contribution in [0.25, 0.3) is 0 Å². The van der Waals surface area contributed by atoms with Crippen molar-refractivity contribution in [2.75, 3.05) is 19.7 Å². The zero-order chi connectivity index (χ0) is 25.4. The van der Waals surface area contributed by atoms with Gasteiger partial charge in [0.25, 0.3) is 0 Å². The quantitative estimate of drug-likeness (QED) is 0.417. The van der Waals surface area contributed by atoms with Crippen molar-refractivity contribution in [3.05, 3.63) is 83.4 Å². The highest BCUT2D eigenvalue weighted by molar-refractivity contribution is 5.48. The Morgan fingerprint density at radius 1 is 0.861 bits per heavy atom. The van der Waals surface area contributed by atoms with Gasteiger partial charge in [-0.2, -0.15) is 0 Å². The van der Waals surface area contributed by atoms with E-state index < -0.39 is 0 Å². The third kappa shape index (κ3) is 4.90. The van der Waals surface area contributed by atoms with E-state index in [4.69, 9.17) is 9.47 Å². The van der Waals surface area contributed by atoms with Crippen LogP contribution in [0.15, 0.2) is 66.7 Å². The molecular weight excluding hydrogens is 450 g/mol. The maximum absolute atomic E-state index is 10.1. The molecule has 0 bridgehead atoms. The molecule has 2 aliphatic heterocycles. The molecule has 5 rings (SSSR count). The second kappa shape index (κ2) is 10.1. The molecule has 5 nitrogen and oxygen atoms in total. The van der Waals surface area contributed by atoms with Crippen LogP contribution >= 0.6 is 0 Å². The normalized spacial score (nSPS) is 26.7. The van der Waals surface area contributed by atoms with Crippen LogP contribution in [-0.4, -0.2) is 40.9 Å². The van der Waals surface area contributed by atoms with E-state index in [0.717, 1.165) is 53.1 Å². The Kier molecular flexibility index (Phi) is 6.85. The molecule has 3 aromatic carbocycles. The van der Waals surface area contributed by atoms with Crippen molar-refractivity contribution in [2.45, 2.75) is 51.7 Å². The molecule has 5 heteroatoms. The highest BCUT2D eigenvalue weighted by Gasteiger charge is 2.38. The first-order valence-corrected chi connectivity index (χ1v) is 13.1. The van der Waals surface area contributed by atoms with E-state index in [-0.39, 0.29) is 29.4 Å². The molecule has 2 N–H and O–H groups in total. The zero-order valence-electron chi connectivity index (χ0n) is 21.6. The Labute approximate surface area is 214 Å². The molecule has 0 aliphatic carbocycles. The van der Waals surface area contributed by atoms with Crippen molar-refractivity contribution in [1.82, 2.24) is 4.90 Å². The Hall–Kier alpha value is -3.18. The molecule has 2 heterocycles. The Morgan fingerprint density at radius 2 is 1.47 bits per heavy atom. The SMILES string of the molecule is C[C@@H]1CN([C@@H](C)COc2ccc([C@@H]3Oc4ccc(O)cc4[C@@H](C)[C@@H]3c3ccc(O)cc3)cc2)C[C@@H]1C. The van der Waals surface area contributed by atoms with E-state index in [2.05, 4.69) is 44.7 Å². The van der Waals surface area contributed by atoms with Crippen molar-refractivity contribution in [2.24, 2.45) is 11.8 Å². The summed E-state index contributed by atoms with van der Waals surface area (Å²) >= 11 is 0. The second-order valence-electron chi connectivity index (χ2n) is 10.8. The average Bonchev–Trinajstić information content (AvgIpc) is 3.22. The third-order valence-corrected chi connectivity index (χ3v) is 8.22. The predicted octanol–water partition coefficient (Wildman–Crippen LogP) is 6.47. The highest BCUT2D eigenvalue weighted by atomic mass is 16.5. The molecule has 0 saturated carbocycles. The van der Waals surface area contributed by atoms with Gasteiger partial charge in [-0.05, 0) is 78.3 Å². The highest BCUT2D eigenvalue weighted by Crippen LogP contribution is 2.51. The lowest BCUT2D eigenvalue weighted by Gasteiger charge is -2.39. The molecule has 0 spiro atoms. The number of nitrogens with zero attached hydrogens (tertiary/aromatic N) is 1. The first-order chi connectivity index (χ1) is 17.3. The van der Waals surface area contributed by atoms with E-state index in [1.54, 1.807) is 24.3 Å². The lowest BCUT2D eigenvalue weighted by Crippen LogP contribution is -2.35. The molecular formula is C31H37NO4. The van der Waals surface area contributed by atoms with E-state index in [9.17, 15) is 10.2 Å². The van der Waals surface area contributed by atoms with Crippen molar-refractivity contribution >= 4 is 0 Å². The number of benzene rings is 3. The first kappa shape index (κ1) is 24.5. The number of hydrogen-bond acceptors (Lipinski definition) is 5. The number of likely N-dealkylation sites (tertiary alicyclic amines) is 1. The van der Waals surface area contributed by atoms with Gasteiger partial charge in [0, 0.05) is 30.6 Å². The molecule has 6 atom stereocenters. The van der Waals surface area contributed by atoms with Crippen LogP contribution in [0.4, 0.5) is 0 Å². The van der Waals surface area contributed by atoms with Crippen molar-refractivity contribution in [3.8, 4) is 23.0 Å². The third-order valence-electron chi connectivity index (χ3n) is 8.22. The van der Waals surface area contributed by atoms with E-state index >= 15 is 0 Å². The summed E-state index contributed by atoms with van der Waals surface area (Å²) in [5, 5.41) is 19.9. The summed E-state index contributed by atoms with van der Waals surface area (Å²) in [6.07, 6.45) is -0.206. The van der Waals surface area contributed by atoms with Gasteiger partial charge < -0.3 is 19.7 Å². The summed E-state index contributed by atoms with van der Waals surface area (Å²) < 4.78 is 12.7. The largest absolute Gasteiger partial charge is 0.508 e. The van der Waals surface area contributed by atoms with Gasteiger partial charge in [-0.25, -0.2) is 0 Å². The van der Waals surface area contributed by atoms with Gasteiger partial charge in [0.05, 0.1) is 0 Å². The maximum atomic E-state index is 10.1. The maximum Gasteiger partial charge on any atom is 0.131 e. The first-order valence-electron chi connectivity index (χ1n) is 13.1. The topological polar surface area (TPSA) is 62.2 Å². The summed E-state index contributed by atoms with van der Waals surface area (Å²) in [4.78, 5) is 2.53. The Bertz CT molecular complexity index is 1170. The Balaban J connectivity index is 1.35. The van der Waals surface area contributed by atoms with Gasteiger partial charge in [0.1, 0.15) is 35.7 Å². The molecule has 2 aliphatic rings. The lowest BCUT2D eigenvalue weighted by atomic mass is 9.75. The Morgan fingerprint density at radius 3 is 2.14 bits per heavy atom. The minimum Gasteiger partial charge on any atom is -0.508 e. The van der Waals surface area contributed by atoms with Crippen molar-refractivity contribution in [1.29, 1.82) is 0 Å². The number of fused-ring (bicyclic) bond motifs is 1. The number of phenols is 2. The van der Waals surface area contributed by atoms with Crippen LogP contribution in [0, 0.1) is 11.8 Å². The van der Waals surface area contributed by atoms with Gasteiger partial charge in [-0.15, -0.1) is 0 Å². The van der Waals surface area contributed by atoms with Crippen LogP contribution < -0.4 is 9.47 Å². The van der Waals surface area contributed by atoms with Crippen LogP contribution in [-0.2, 0) is 0 Å². The van der Waals surface area contributed by atoms with E-state index in [0.29, 0.717) is 12.6 Å². The van der Waals surface area contributed by atoms with Crippen LogP contribution in [0.5, 0.6) is 23.0 Å². The van der Waals surface area contributed by atoms with Crippen LogP contribution in [0.1, 0.15) is 62.3 Å². The average molecular weight is 488 g/mol. The lowest BCUT2D eigenvalue weighted by molar-refractivity contribution is 0.136. The summed E-state index contributed by atoms with van der Waals surface area (Å²) in [7, 11) is 0. The fourth-order valence-corrected chi connectivity index (χ4v) is 5.71. The minimum absolute atomic E-state index is 0.0193. The fourth-order valence-electron chi connectivity index (χ4n) is 5.71. The van der Waals surface area contributed by atoms with Gasteiger partial charge in [0.15, 0.2) is 0 Å². The smallest absolute Gasteiger partial charge is 0.131 e. The second-order valence-corrected chi connectivity index (χ2v) is 10.8. The van der Waals surface area contributed by atoms with Crippen LogP contribution in [0.3, 0.4) is 0 Å². The standard InChI is InChI=1S/C31H37NO4/c1-19-16-32(17-20(19)2)21(3)18-35-27-12-7-24(8-13-27)31-30(23-5-9-25(33)10-6-23)22(4)28-15-26(34)11-14-29(28)36-31/h5-15,19-22,30-31,33-34H,16-18H2,1-4H3/t19-,20+,21-,22+,30+,31-/m0/s1. The van der Waals surface area contributed by atoms with Crippen LogP contribution in [0.2, 0.25) is 0 Å². The van der Waals surface area contributed by atoms with Crippen molar-refractivity contribution < 1.29 is 19.7 Å². The molecule has 0 radical (unpaired) electrons. The summed E-state index contributed by atoms with van der Waals surface area (Å²) in [6.45, 7) is 12.0. The van der Waals surface area contributed by atoms with E-state index in [1.807, 2.05) is 30.3 Å². The number of ether oxygens (including phenoxy) is 2. The summed E-state index contributed by atoms with van der Waals surface area (Å²) in [5.41, 5.74) is 3.15. The van der Waals surface area contributed by atoms with Gasteiger partial charge >= 0.3 is 0 Å². The minimum atomic E-state index is -0.206. The van der Waals surface area contributed by atoms with Gasteiger partial charge in [0.2, 0.25) is 0 Å². The van der Waals surface area contributed by atoms with Gasteiger partial charge in [-0.1, -0.05) is 45.0 Å². The number of rotatable bonds is 6. The number of phenolic OH excluding ortho intramolecular Hbond substituents is 2. The molecule has 36 heavy (non-hydrogen) atoms. The molecule has 0 amide bonds. The zero-order valence-corrected chi connectivity index (χ0v) is 21.6. The molecule has 1 fully saturated rings. The molecule has 0 unspecified atom stereocenters. The summed E-state index contributed by atoms with van der Waals surface area (Å²) in [6, 6.07) is 21.3. The molecule has 3 aromatic rings.